The summed E-state index contributed by atoms with van der Waals surface area (Å²) in [5.41, 5.74) is 0.844. The van der Waals surface area contributed by atoms with Crippen molar-refractivity contribution in [3.8, 4) is 22.7 Å². The van der Waals surface area contributed by atoms with E-state index in [4.69, 9.17) is 10.2 Å². The van der Waals surface area contributed by atoms with Gasteiger partial charge in [-0.25, -0.2) is 4.98 Å². The van der Waals surface area contributed by atoms with Crippen LogP contribution in [0.1, 0.15) is 53.2 Å². The lowest BCUT2D eigenvalue weighted by molar-refractivity contribution is -0.277. The van der Waals surface area contributed by atoms with Crippen molar-refractivity contribution in [2.24, 2.45) is 0 Å². The number of hydrogen-bond acceptors (Lipinski definition) is 7. The number of alkyl halides is 6. The largest absolute Gasteiger partial charge is 0.426 e. The molecule has 226 valence electrons. The highest BCUT2D eigenvalue weighted by molar-refractivity contribution is 5.95. The normalized spacial score (nSPS) is 18.4. The number of rotatable bonds is 3. The van der Waals surface area contributed by atoms with Crippen LogP contribution in [-0.4, -0.2) is 43.8 Å². The SMILES string of the molecule is Nc1cc(C(F)(F)F)c2nc1-c1nnc(o1)[C@@](O)(C(F)(F)F)CCCCCN(Cc1cccc(-c3ccccc3)c1)C2=O. The summed E-state index contributed by atoms with van der Waals surface area (Å²) in [4.78, 5) is 18.8. The molecule has 1 atom stereocenters. The second-order valence-corrected chi connectivity index (χ2v) is 10.2. The molecule has 0 radical (unpaired) electrons. The average Bonchev–Trinajstić information content (AvgIpc) is 3.45. The van der Waals surface area contributed by atoms with Gasteiger partial charge in [-0.2, -0.15) is 26.3 Å². The van der Waals surface area contributed by atoms with E-state index in [0.717, 1.165) is 16.0 Å². The number of halogens is 6. The first kappa shape index (κ1) is 30.0. The van der Waals surface area contributed by atoms with Crippen molar-refractivity contribution in [3.63, 3.8) is 0 Å². The molecular weight excluding hydrogens is 580 g/mol. The number of amides is 1. The lowest BCUT2D eigenvalue weighted by Gasteiger charge is -2.28. The molecule has 0 saturated heterocycles. The van der Waals surface area contributed by atoms with Crippen LogP contribution in [0.15, 0.2) is 65.1 Å². The van der Waals surface area contributed by atoms with Crippen molar-refractivity contribution >= 4 is 11.6 Å². The average molecular weight is 606 g/mol. The van der Waals surface area contributed by atoms with Crippen LogP contribution in [0.5, 0.6) is 0 Å². The number of benzene rings is 2. The van der Waals surface area contributed by atoms with Crippen LogP contribution in [0.2, 0.25) is 0 Å². The Morgan fingerprint density at radius 3 is 2.33 bits per heavy atom. The summed E-state index contributed by atoms with van der Waals surface area (Å²) in [6.07, 6.45) is -11.0. The summed E-state index contributed by atoms with van der Waals surface area (Å²) in [5, 5.41) is 17.4. The van der Waals surface area contributed by atoms with Crippen LogP contribution in [0.25, 0.3) is 22.7 Å². The summed E-state index contributed by atoms with van der Waals surface area (Å²) in [6, 6.07) is 16.9. The minimum absolute atomic E-state index is 0.0970. The van der Waals surface area contributed by atoms with Crippen LogP contribution in [0.4, 0.5) is 32.0 Å². The minimum atomic E-state index is -5.20. The Bertz CT molecular complexity index is 1620. The lowest BCUT2D eigenvalue weighted by Crippen LogP contribution is -2.42. The maximum absolute atomic E-state index is 14.1. The third-order valence-corrected chi connectivity index (χ3v) is 7.17. The van der Waals surface area contributed by atoms with Gasteiger partial charge < -0.3 is 20.2 Å². The van der Waals surface area contributed by atoms with Gasteiger partial charge in [0.15, 0.2) is 5.69 Å². The molecule has 0 unspecified atom stereocenters. The van der Waals surface area contributed by atoms with E-state index in [9.17, 15) is 36.2 Å². The molecule has 1 amide bonds. The highest BCUT2D eigenvalue weighted by atomic mass is 19.4. The second kappa shape index (κ2) is 11.3. The maximum atomic E-state index is 14.1. The van der Waals surface area contributed by atoms with Gasteiger partial charge in [-0.1, -0.05) is 55.0 Å². The molecule has 4 bridgehead atoms. The van der Waals surface area contributed by atoms with Crippen LogP contribution in [-0.2, 0) is 18.3 Å². The fourth-order valence-corrected chi connectivity index (χ4v) is 4.90. The third kappa shape index (κ3) is 6.05. The molecular formula is C29H25F6N5O3. The minimum Gasteiger partial charge on any atom is -0.416 e. The van der Waals surface area contributed by atoms with Crippen molar-refractivity contribution in [1.29, 1.82) is 0 Å². The topological polar surface area (TPSA) is 118 Å². The van der Waals surface area contributed by atoms with E-state index >= 15 is 0 Å². The molecule has 1 aliphatic rings. The first-order valence-electron chi connectivity index (χ1n) is 13.2. The van der Waals surface area contributed by atoms with Crippen LogP contribution in [0.3, 0.4) is 0 Å². The zero-order chi connectivity index (χ0) is 31.0. The van der Waals surface area contributed by atoms with E-state index < -0.39 is 64.7 Å². The lowest BCUT2D eigenvalue weighted by atomic mass is 9.95. The van der Waals surface area contributed by atoms with Gasteiger partial charge in [0.25, 0.3) is 17.7 Å². The Balaban J connectivity index is 1.60. The van der Waals surface area contributed by atoms with E-state index in [1.54, 1.807) is 18.2 Å². The summed E-state index contributed by atoms with van der Waals surface area (Å²) in [5.74, 6) is -3.06. The molecule has 3 N–H and O–H groups in total. The molecule has 0 spiro atoms. The molecule has 43 heavy (non-hydrogen) atoms. The van der Waals surface area contributed by atoms with E-state index in [0.29, 0.717) is 11.6 Å². The van der Waals surface area contributed by atoms with Crippen molar-refractivity contribution in [3.05, 3.63) is 83.4 Å². The molecule has 0 aliphatic carbocycles. The van der Waals surface area contributed by atoms with E-state index in [1.165, 1.54) is 0 Å². The summed E-state index contributed by atoms with van der Waals surface area (Å²) >= 11 is 0. The Hall–Kier alpha value is -4.46. The fraction of sp³-hybridized carbons (Fsp3) is 0.310. The van der Waals surface area contributed by atoms with Gasteiger partial charge in [0, 0.05) is 13.1 Å². The maximum Gasteiger partial charge on any atom is 0.426 e. The molecule has 5 rings (SSSR count). The van der Waals surface area contributed by atoms with Crippen molar-refractivity contribution in [2.45, 2.75) is 50.2 Å². The highest BCUT2D eigenvalue weighted by Gasteiger charge is 2.58. The van der Waals surface area contributed by atoms with Gasteiger partial charge in [-0.15, -0.1) is 10.2 Å². The molecule has 2 aromatic heterocycles. The summed E-state index contributed by atoms with van der Waals surface area (Å²) < 4.78 is 89.4. The number of nitrogens with zero attached hydrogens (tertiary/aromatic N) is 4. The monoisotopic (exact) mass is 605 g/mol. The molecule has 0 saturated carbocycles. The van der Waals surface area contributed by atoms with Gasteiger partial charge in [0.1, 0.15) is 5.69 Å². The Kier molecular flexibility index (Phi) is 7.90. The van der Waals surface area contributed by atoms with E-state index in [2.05, 4.69) is 15.2 Å². The van der Waals surface area contributed by atoms with Crippen molar-refractivity contribution in [2.75, 3.05) is 12.3 Å². The van der Waals surface area contributed by atoms with Crippen LogP contribution < -0.4 is 5.73 Å². The van der Waals surface area contributed by atoms with Crippen LogP contribution >= 0.6 is 0 Å². The summed E-state index contributed by atoms with van der Waals surface area (Å²) in [6.45, 7) is -0.217. The van der Waals surface area contributed by atoms with Crippen molar-refractivity contribution < 1.29 is 40.7 Å². The van der Waals surface area contributed by atoms with Crippen LogP contribution in [0, 0.1) is 0 Å². The third-order valence-electron chi connectivity index (χ3n) is 7.17. The molecule has 8 nitrogen and oxygen atoms in total. The number of carbonyl (C=O) groups excluding carboxylic acids is 1. The molecule has 0 fully saturated rings. The van der Waals surface area contributed by atoms with Gasteiger partial charge in [-0.05, 0) is 48.1 Å². The Morgan fingerprint density at radius 2 is 1.63 bits per heavy atom. The predicted octanol–water partition coefficient (Wildman–Crippen LogP) is 6.37. The number of carbonyl (C=O) groups is 1. The molecule has 4 aromatic rings. The molecule has 14 heteroatoms. The van der Waals surface area contributed by atoms with Gasteiger partial charge >= 0.3 is 12.4 Å². The van der Waals surface area contributed by atoms with Crippen molar-refractivity contribution in [1.82, 2.24) is 20.1 Å². The number of anilines is 1. The summed E-state index contributed by atoms with van der Waals surface area (Å²) in [7, 11) is 0. The number of nitrogens with two attached hydrogens (primary N) is 1. The quantitative estimate of drug-likeness (QED) is 0.261. The van der Waals surface area contributed by atoms with E-state index in [1.807, 2.05) is 36.4 Å². The number of fused-ring (bicyclic) bond motifs is 5. The van der Waals surface area contributed by atoms with Gasteiger partial charge in [-0.3, -0.25) is 4.79 Å². The zero-order valence-corrected chi connectivity index (χ0v) is 22.4. The van der Waals surface area contributed by atoms with E-state index in [-0.39, 0.29) is 32.4 Å². The molecule has 2 aromatic carbocycles. The standard InChI is InChI=1S/C29H25F6N5O3/c30-28(31,32)20-15-21(36)23-24-38-39-26(43-24)27(42,29(33,34)35)12-5-2-6-13-40(25(41)22(20)37-23)16-17-8-7-11-19(14-17)18-9-3-1-4-10-18/h1,3-4,7-11,14-15,42H,2,5-6,12-13,16,36H2/t27-/m1/s1. The number of aromatic nitrogens is 3. The smallest absolute Gasteiger partial charge is 0.416 e. The first-order chi connectivity index (χ1) is 20.3. The zero-order valence-electron chi connectivity index (χ0n) is 22.4. The predicted molar refractivity (Wildman–Crippen MR) is 142 cm³/mol. The fourth-order valence-electron chi connectivity index (χ4n) is 4.90. The number of aliphatic hydroxyl groups is 1. The van der Waals surface area contributed by atoms with Gasteiger partial charge in [0.2, 0.25) is 5.60 Å². The Labute approximate surface area is 241 Å². The number of hydrogen-bond donors (Lipinski definition) is 2. The second-order valence-electron chi connectivity index (χ2n) is 10.2. The van der Waals surface area contributed by atoms with Gasteiger partial charge in [0.05, 0.1) is 11.3 Å². The highest BCUT2D eigenvalue weighted by Crippen LogP contribution is 2.44. The number of pyridine rings is 1. The molecule has 3 heterocycles. The first-order valence-corrected chi connectivity index (χ1v) is 13.2. The Morgan fingerprint density at radius 1 is 0.907 bits per heavy atom. The number of nitrogen functional groups attached to an aromatic ring is 1. The molecule has 1 aliphatic heterocycles.